The molecule has 6 nitrogen and oxygen atoms in total. The SMILES string of the molecule is Cc1cc2nc(SCC(=O)NCCC3=CCCCC3)n(CCC(C)C)c(=O)c2[nH]1. The number of hydrogen-bond donors (Lipinski definition) is 2. The normalized spacial score (nSPS) is 14.4. The summed E-state index contributed by atoms with van der Waals surface area (Å²) < 4.78 is 1.71. The minimum Gasteiger partial charge on any atom is -0.355 e. The molecule has 0 aromatic carbocycles. The van der Waals surface area contributed by atoms with Crippen LogP contribution in [-0.2, 0) is 11.3 Å². The topological polar surface area (TPSA) is 79.8 Å². The van der Waals surface area contributed by atoms with Crippen LogP contribution in [0.5, 0.6) is 0 Å². The number of rotatable bonds is 9. The van der Waals surface area contributed by atoms with Gasteiger partial charge in [0.25, 0.3) is 5.56 Å². The molecular weight excluding hydrogens is 384 g/mol. The van der Waals surface area contributed by atoms with Gasteiger partial charge in [-0.15, -0.1) is 0 Å². The summed E-state index contributed by atoms with van der Waals surface area (Å²) >= 11 is 1.34. The number of allylic oxidation sites excluding steroid dienone is 1. The Morgan fingerprint density at radius 3 is 2.93 bits per heavy atom. The van der Waals surface area contributed by atoms with Crippen molar-refractivity contribution in [3.8, 4) is 0 Å². The van der Waals surface area contributed by atoms with Crippen LogP contribution in [0.4, 0.5) is 0 Å². The number of nitrogens with one attached hydrogen (secondary N) is 2. The number of aromatic amines is 1. The first kappa shape index (κ1) is 21.7. The van der Waals surface area contributed by atoms with Crippen LogP contribution in [0.2, 0.25) is 0 Å². The third-order valence-corrected chi connectivity index (χ3v) is 6.23. The van der Waals surface area contributed by atoms with E-state index in [0.717, 1.165) is 25.0 Å². The summed E-state index contributed by atoms with van der Waals surface area (Å²) in [6.07, 6.45) is 9.01. The third-order valence-electron chi connectivity index (χ3n) is 5.25. The first-order valence-corrected chi connectivity index (χ1v) is 11.6. The molecule has 0 bridgehead atoms. The molecule has 0 radical (unpaired) electrons. The van der Waals surface area contributed by atoms with E-state index in [2.05, 4.69) is 35.2 Å². The van der Waals surface area contributed by atoms with Gasteiger partial charge in [0.1, 0.15) is 5.52 Å². The second-order valence-corrected chi connectivity index (χ2v) is 9.19. The summed E-state index contributed by atoms with van der Waals surface area (Å²) in [5.41, 5.74) is 3.52. The van der Waals surface area contributed by atoms with Gasteiger partial charge < -0.3 is 10.3 Å². The molecule has 2 heterocycles. The van der Waals surface area contributed by atoms with E-state index in [1.165, 1.54) is 36.6 Å². The minimum atomic E-state index is -0.0594. The number of H-pyrrole nitrogens is 1. The van der Waals surface area contributed by atoms with E-state index in [4.69, 9.17) is 0 Å². The summed E-state index contributed by atoms with van der Waals surface area (Å²) in [6, 6.07) is 1.88. The van der Waals surface area contributed by atoms with Crippen molar-refractivity contribution in [1.29, 1.82) is 0 Å². The molecule has 0 atom stereocenters. The molecule has 0 spiro atoms. The molecule has 1 aliphatic carbocycles. The Bertz CT molecular complexity index is 942. The number of fused-ring (bicyclic) bond motifs is 1. The molecule has 0 fully saturated rings. The Kier molecular flexibility index (Phi) is 7.58. The van der Waals surface area contributed by atoms with Crippen molar-refractivity contribution in [2.24, 2.45) is 5.92 Å². The first-order chi connectivity index (χ1) is 13.9. The molecule has 0 saturated carbocycles. The summed E-state index contributed by atoms with van der Waals surface area (Å²) in [5.74, 6) is 0.738. The van der Waals surface area contributed by atoms with Crippen molar-refractivity contribution in [3.05, 3.63) is 33.8 Å². The molecule has 0 unspecified atom stereocenters. The Hall–Kier alpha value is -2.02. The first-order valence-electron chi connectivity index (χ1n) is 10.6. The Balaban J connectivity index is 1.64. The number of aromatic nitrogens is 3. The number of carbonyl (C=O) groups excluding carboxylic acids is 1. The maximum absolute atomic E-state index is 12.9. The van der Waals surface area contributed by atoms with Crippen LogP contribution < -0.4 is 10.9 Å². The van der Waals surface area contributed by atoms with Gasteiger partial charge in [-0.25, -0.2) is 4.98 Å². The van der Waals surface area contributed by atoms with E-state index in [1.54, 1.807) is 4.57 Å². The highest BCUT2D eigenvalue weighted by Gasteiger charge is 2.15. The molecule has 0 aliphatic heterocycles. The lowest BCUT2D eigenvalue weighted by Crippen LogP contribution is -2.28. The number of carbonyl (C=O) groups is 1. The van der Waals surface area contributed by atoms with Crippen molar-refractivity contribution in [2.75, 3.05) is 12.3 Å². The van der Waals surface area contributed by atoms with Crippen LogP contribution in [0, 0.1) is 12.8 Å². The molecule has 2 aromatic heterocycles. The maximum Gasteiger partial charge on any atom is 0.278 e. The van der Waals surface area contributed by atoms with Gasteiger partial charge in [-0.2, -0.15) is 0 Å². The van der Waals surface area contributed by atoms with Crippen LogP contribution >= 0.6 is 11.8 Å². The quantitative estimate of drug-likeness (QED) is 0.365. The molecule has 29 heavy (non-hydrogen) atoms. The van der Waals surface area contributed by atoms with Crippen LogP contribution in [0.1, 0.15) is 58.1 Å². The van der Waals surface area contributed by atoms with Crippen LogP contribution in [0.15, 0.2) is 27.7 Å². The summed E-state index contributed by atoms with van der Waals surface area (Å²) in [4.78, 5) is 33.0. The second kappa shape index (κ2) is 10.1. The smallest absolute Gasteiger partial charge is 0.278 e. The zero-order chi connectivity index (χ0) is 20.8. The van der Waals surface area contributed by atoms with E-state index in [1.807, 2.05) is 13.0 Å². The average Bonchev–Trinajstić information content (AvgIpc) is 3.07. The summed E-state index contributed by atoms with van der Waals surface area (Å²) in [6.45, 7) is 7.47. The van der Waals surface area contributed by atoms with E-state index < -0.39 is 0 Å². The number of amides is 1. The van der Waals surface area contributed by atoms with Gasteiger partial charge in [-0.05, 0) is 57.4 Å². The van der Waals surface area contributed by atoms with Crippen LogP contribution in [-0.4, -0.2) is 32.7 Å². The van der Waals surface area contributed by atoms with E-state index in [9.17, 15) is 9.59 Å². The Labute approximate surface area is 176 Å². The molecule has 0 saturated heterocycles. The molecule has 158 valence electrons. The fourth-order valence-electron chi connectivity index (χ4n) is 3.58. The molecule has 1 aliphatic rings. The van der Waals surface area contributed by atoms with Crippen molar-refractivity contribution >= 4 is 28.7 Å². The molecular formula is C22H32N4O2S. The van der Waals surface area contributed by atoms with Gasteiger partial charge in [0.15, 0.2) is 5.16 Å². The number of hydrogen-bond acceptors (Lipinski definition) is 4. The van der Waals surface area contributed by atoms with E-state index >= 15 is 0 Å². The third kappa shape index (κ3) is 5.98. The zero-order valence-electron chi connectivity index (χ0n) is 17.7. The second-order valence-electron chi connectivity index (χ2n) is 8.24. The monoisotopic (exact) mass is 416 g/mol. The van der Waals surface area contributed by atoms with E-state index in [-0.39, 0.29) is 17.2 Å². The molecule has 7 heteroatoms. The van der Waals surface area contributed by atoms with E-state index in [0.29, 0.717) is 35.2 Å². The van der Waals surface area contributed by atoms with Crippen LogP contribution in [0.25, 0.3) is 11.0 Å². The molecule has 3 rings (SSSR count). The summed E-state index contributed by atoms with van der Waals surface area (Å²) in [7, 11) is 0. The fourth-order valence-corrected chi connectivity index (χ4v) is 4.44. The zero-order valence-corrected chi connectivity index (χ0v) is 18.5. The van der Waals surface area contributed by atoms with Gasteiger partial charge >= 0.3 is 0 Å². The maximum atomic E-state index is 12.9. The van der Waals surface area contributed by atoms with Gasteiger partial charge in [0, 0.05) is 18.8 Å². The largest absolute Gasteiger partial charge is 0.355 e. The Morgan fingerprint density at radius 1 is 1.38 bits per heavy atom. The van der Waals surface area contributed by atoms with Gasteiger partial charge in [-0.1, -0.05) is 37.3 Å². The predicted octanol–water partition coefficient (Wildman–Crippen LogP) is 4.18. The molecule has 1 amide bonds. The van der Waals surface area contributed by atoms with Crippen molar-refractivity contribution < 1.29 is 4.79 Å². The lowest BCUT2D eigenvalue weighted by atomic mass is 9.97. The predicted molar refractivity (Wildman–Crippen MR) is 119 cm³/mol. The lowest BCUT2D eigenvalue weighted by Gasteiger charge is -2.14. The number of nitrogens with zero attached hydrogens (tertiary/aromatic N) is 2. The van der Waals surface area contributed by atoms with Crippen LogP contribution in [0.3, 0.4) is 0 Å². The highest BCUT2D eigenvalue weighted by Crippen LogP contribution is 2.20. The fraction of sp³-hybridized carbons (Fsp3) is 0.591. The summed E-state index contributed by atoms with van der Waals surface area (Å²) in [5, 5.41) is 3.62. The van der Waals surface area contributed by atoms with Crippen molar-refractivity contribution in [3.63, 3.8) is 0 Å². The highest BCUT2D eigenvalue weighted by atomic mass is 32.2. The highest BCUT2D eigenvalue weighted by molar-refractivity contribution is 7.99. The Morgan fingerprint density at radius 2 is 2.21 bits per heavy atom. The standard InChI is InChI=1S/C22H32N4O2S/c1-15(2)10-12-26-21(28)20-18(13-16(3)24-20)25-22(26)29-14-19(27)23-11-9-17-7-5-4-6-8-17/h7,13,15,24H,4-6,8-12,14H2,1-3H3,(H,23,27). The molecule has 2 N–H and O–H groups in total. The number of thioether (sulfide) groups is 1. The average molecular weight is 417 g/mol. The van der Waals surface area contributed by atoms with Gasteiger partial charge in [0.2, 0.25) is 5.91 Å². The van der Waals surface area contributed by atoms with Gasteiger partial charge in [0.05, 0.1) is 11.3 Å². The van der Waals surface area contributed by atoms with Crippen molar-refractivity contribution in [2.45, 2.75) is 71.0 Å². The van der Waals surface area contributed by atoms with Gasteiger partial charge in [-0.3, -0.25) is 14.2 Å². The lowest BCUT2D eigenvalue weighted by molar-refractivity contribution is -0.118. The minimum absolute atomic E-state index is 0.0126. The van der Waals surface area contributed by atoms with Crippen molar-refractivity contribution in [1.82, 2.24) is 19.9 Å². The number of aryl methyl sites for hydroxylation is 1. The molecule has 2 aromatic rings.